The van der Waals surface area contributed by atoms with Crippen LogP contribution >= 0.6 is 0 Å². The highest BCUT2D eigenvalue weighted by Crippen LogP contribution is 2.28. The molecule has 2 aliphatic rings. The van der Waals surface area contributed by atoms with Crippen molar-refractivity contribution in [3.05, 3.63) is 24.3 Å². The lowest BCUT2D eigenvalue weighted by molar-refractivity contribution is -0.130. The summed E-state index contributed by atoms with van der Waals surface area (Å²) < 4.78 is 5.43. The van der Waals surface area contributed by atoms with Crippen LogP contribution in [0.5, 0.6) is 5.75 Å². The van der Waals surface area contributed by atoms with Crippen molar-refractivity contribution in [2.75, 3.05) is 64.4 Å². The first-order chi connectivity index (χ1) is 12.1. The van der Waals surface area contributed by atoms with Crippen LogP contribution < -0.4 is 9.64 Å². The number of hydrogen-bond acceptors (Lipinski definition) is 4. The molecule has 0 unspecified atom stereocenters. The Kier molecular flexibility index (Phi) is 5.31. The summed E-state index contributed by atoms with van der Waals surface area (Å²) in [5.74, 6) is 0.945. The summed E-state index contributed by atoms with van der Waals surface area (Å²) in [4.78, 5) is 31.9. The number of anilines is 1. The molecule has 0 N–H and O–H groups in total. The van der Waals surface area contributed by atoms with Crippen LogP contribution in [0.3, 0.4) is 0 Å². The minimum absolute atomic E-state index is 0.0810. The van der Waals surface area contributed by atoms with E-state index in [4.69, 9.17) is 4.74 Å². The summed E-state index contributed by atoms with van der Waals surface area (Å²) in [5.41, 5.74) is 1.08. The normalized spacial score (nSPS) is 18.3. The van der Waals surface area contributed by atoms with Crippen molar-refractivity contribution < 1.29 is 14.3 Å². The lowest BCUT2D eigenvalue weighted by Gasteiger charge is -2.41. The van der Waals surface area contributed by atoms with Gasteiger partial charge in [-0.15, -0.1) is 0 Å². The summed E-state index contributed by atoms with van der Waals surface area (Å²) >= 11 is 0. The van der Waals surface area contributed by atoms with Crippen molar-refractivity contribution in [1.29, 1.82) is 0 Å². The molecule has 3 amide bonds. The van der Waals surface area contributed by atoms with Crippen LogP contribution in [0.15, 0.2) is 24.3 Å². The van der Waals surface area contributed by atoms with Gasteiger partial charge in [0, 0.05) is 59.3 Å². The fraction of sp³-hybridized carbons (Fsp3) is 0.556. The summed E-state index contributed by atoms with van der Waals surface area (Å²) in [7, 11) is 1.68. The van der Waals surface area contributed by atoms with Crippen LogP contribution in [0.2, 0.25) is 0 Å². The zero-order chi connectivity index (χ0) is 17.8. The van der Waals surface area contributed by atoms with E-state index in [-0.39, 0.29) is 11.9 Å². The van der Waals surface area contributed by atoms with Crippen LogP contribution in [0.4, 0.5) is 10.5 Å². The third-order valence-corrected chi connectivity index (χ3v) is 4.97. The van der Waals surface area contributed by atoms with E-state index in [2.05, 4.69) is 11.0 Å². The second-order valence-corrected chi connectivity index (χ2v) is 6.42. The first-order valence-corrected chi connectivity index (χ1v) is 8.77. The van der Waals surface area contributed by atoms with Gasteiger partial charge in [-0.25, -0.2) is 4.79 Å². The minimum Gasteiger partial charge on any atom is -0.495 e. The van der Waals surface area contributed by atoms with Gasteiger partial charge in [-0.1, -0.05) is 12.1 Å². The lowest BCUT2D eigenvalue weighted by atomic mass is 10.2. The second kappa shape index (κ2) is 7.63. The number of rotatable bonds is 2. The number of benzene rings is 1. The molecule has 2 saturated heterocycles. The average Bonchev–Trinajstić information content (AvgIpc) is 2.67. The van der Waals surface area contributed by atoms with Crippen LogP contribution in [0.1, 0.15) is 6.92 Å². The smallest absolute Gasteiger partial charge is 0.320 e. The van der Waals surface area contributed by atoms with Crippen molar-refractivity contribution in [3.63, 3.8) is 0 Å². The van der Waals surface area contributed by atoms with E-state index in [0.717, 1.165) is 24.5 Å². The molecule has 0 radical (unpaired) electrons. The predicted octanol–water partition coefficient (Wildman–Crippen LogP) is 1.10. The van der Waals surface area contributed by atoms with Crippen LogP contribution in [0.25, 0.3) is 0 Å². The van der Waals surface area contributed by atoms with Crippen LogP contribution in [-0.2, 0) is 4.79 Å². The van der Waals surface area contributed by atoms with Gasteiger partial charge in [-0.05, 0) is 12.1 Å². The van der Waals surface area contributed by atoms with Crippen molar-refractivity contribution in [3.8, 4) is 5.75 Å². The predicted molar refractivity (Wildman–Crippen MR) is 96.0 cm³/mol. The highest BCUT2D eigenvalue weighted by Gasteiger charge is 2.28. The number of methoxy groups -OCH3 is 1. The lowest BCUT2D eigenvalue weighted by Crippen LogP contribution is -2.57. The molecule has 7 nitrogen and oxygen atoms in total. The summed E-state index contributed by atoms with van der Waals surface area (Å²) in [5, 5.41) is 0. The maximum absolute atomic E-state index is 12.7. The Hall–Kier alpha value is -2.44. The SMILES string of the molecule is COc1ccccc1N1CCN(C(=O)N2CCN(C(C)=O)CC2)CC1. The van der Waals surface area contributed by atoms with E-state index in [0.29, 0.717) is 39.3 Å². The fourth-order valence-electron chi connectivity index (χ4n) is 3.44. The van der Waals surface area contributed by atoms with Gasteiger partial charge in [0.25, 0.3) is 0 Å². The quantitative estimate of drug-likeness (QED) is 0.805. The topological polar surface area (TPSA) is 56.3 Å². The Morgan fingerprint density at radius 1 is 0.840 bits per heavy atom. The Morgan fingerprint density at radius 3 is 1.92 bits per heavy atom. The largest absolute Gasteiger partial charge is 0.495 e. The molecule has 1 aromatic rings. The Morgan fingerprint density at radius 2 is 1.36 bits per heavy atom. The van der Waals surface area contributed by atoms with Crippen LogP contribution in [-0.4, -0.2) is 86.1 Å². The molecule has 7 heteroatoms. The number of ether oxygens (including phenoxy) is 1. The zero-order valence-electron chi connectivity index (χ0n) is 15.0. The number of hydrogen-bond donors (Lipinski definition) is 0. The highest BCUT2D eigenvalue weighted by molar-refractivity contribution is 5.76. The molecule has 2 fully saturated rings. The van der Waals surface area contributed by atoms with Crippen molar-refractivity contribution >= 4 is 17.6 Å². The van der Waals surface area contributed by atoms with Crippen molar-refractivity contribution in [2.24, 2.45) is 0 Å². The zero-order valence-corrected chi connectivity index (χ0v) is 15.0. The van der Waals surface area contributed by atoms with Crippen molar-refractivity contribution in [2.45, 2.75) is 6.92 Å². The standard InChI is InChI=1S/C18H26N4O3/c1-15(23)19-7-11-21(12-8-19)18(24)22-13-9-20(10-14-22)16-5-3-4-6-17(16)25-2/h3-6H,7-14H2,1-2H3. The first-order valence-electron chi connectivity index (χ1n) is 8.77. The highest BCUT2D eigenvalue weighted by atomic mass is 16.5. The molecule has 0 aromatic heterocycles. The third kappa shape index (κ3) is 3.81. The number of piperazine rings is 2. The minimum atomic E-state index is 0.0810. The molecule has 0 aliphatic carbocycles. The molecule has 0 bridgehead atoms. The van der Waals surface area contributed by atoms with E-state index >= 15 is 0 Å². The molecule has 2 heterocycles. The van der Waals surface area contributed by atoms with E-state index < -0.39 is 0 Å². The van der Waals surface area contributed by atoms with E-state index in [1.165, 1.54) is 0 Å². The molecule has 136 valence electrons. The Balaban J connectivity index is 1.54. The molecular weight excluding hydrogens is 320 g/mol. The molecule has 25 heavy (non-hydrogen) atoms. The summed E-state index contributed by atoms with van der Waals surface area (Å²) in [6.45, 7) is 7.04. The Labute approximate surface area is 148 Å². The molecule has 0 spiro atoms. The van der Waals surface area contributed by atoms with E-state index in [9.17, 15) is 9.59 Å². The number of carbonyl (C=O) groups excluding carboxylic acids is 2. The summed E-state index contributed by atoms with van der Waals surface area (Å²) in [6.07, 6.45) is 0. The average molecular weight is 346 g/mol. The van der Waals surface area contributed by atoms with Gasteiger partial charge in [-0.3, -0.25) is 4.79 Å². The maximum atomic E-state index is 12.7. The van der Waals surface area contributed by atoms with Gasteiger partial charge in [0.05, 0.1) is 12.8 Å². The van der Waals surface area contributed by atoms with E-state index in [1.807, 2.05) is 28.0 Å². The van der Waals surface area contributed by atoms with Gasteiger partial charge in [-0.2, -0.15) is 0 Å². The molecule has 0 saturated carbocycles. The number of urea groups is 1. The fourth-order valence-corrected chi connectivity index (χ4v) is 3.44. The molecule has 1 aromatic carbocycles. The van der Waals surface area contributed by atoms with Gasteiger partial charge < -0.3 is 24.3 Å². The Bertz CT molecular complexity index is 621. The number of amides is 3. The first kappa shape index (κ1) is 17.4. The molecule has 3 rings (SSSR count). The monoisotopic (exact) mass is 346 g/mol. The van der Waals surface area contributed by atoms with Crippen LogP contribution in [0, 0.1) is 0 Å². The van der Waals surface area contributed by atoms with Crippen molar-refractivity contribution in [1.82, 2.24) is 14.7 Å². The second-order valence-electron chi connectivity index (χ2n) is 6.42. The molecule has 0 atom stereocenters. The third-order valence-electron chi connectivity index (χ3n) is 4.97. The number of para-hydroxylation sites is 2. The van der Waals surface area contributed by atoms with Gasteiger partial charge >= 0.3 is 6.03 Å². The van der Waals surface area contributed by atoms with Gasteiger partial charge in [0.2, 0.25) is 5.91 Å². The van der Waals surface area contributed by atoms with E-state index in [1.54, 1.807) is 18.9 Å². The molecular formula is C18H26N4O3. The van der Waals surface area contributed by atoms with Gasteiger partial charge in [0.15, 0.2) is 0 Å². The maximum Gasteiger partial charge on any atom is 0.320 e. The van der Waals surface area contributed by atoms with Gasteiger partial charge in [0.1, 0.15) is 5.75 Å². The number of carbonyl (C=O) groups is 2. The summed E-state index contributed by atoms with van der Waals surface area (Å²) in [6, 6.07) is 8.06. The number of nitrogens with zero attached hydrogens (tertiary/aromatic N) is 4. The molecule has 2 aliphatic heterocycles.